The van der Waals surface area contributed by atoms with Gasteiger partial charge in [-0.2, -0.15) is 0 Å². The van der Waals surface area contributed by atoms with Crippen molar-refractivity contribution in [2.75, 3.05) is 6.54 Å². The van der Waals surface area contributed by atoms with Crippen LogP contribution >= 0.6 is 0 Å². The fourth-order valence-corrected chi connectivity index (χ4v) is 2.80. The fraction of sp³-hybridized carbons (Fsp3) is 0.647. The summed E-state index contributed by atoms with van der Waals surface area (Å²) >= 11 is 0. The first-order chi connectivity index (χ1) is 9.00. The maximum atomic E-state index is 10.8. The highest BCUT2D eigenvalue weighted by atomic mass is 16.3. The molecule has 2 heteroatoms. The summed E-state index contributed by atoms with van der Waals surface area (Å²) in [5.41, 5.74) is 1.77. The Morgan fingerprint density at radius 2 is 2.00 bits per heavy atom. The van der Waals surface area contributed by atoms with Gasteiger partial charge in [0.2, 0.25) is 0 Å². The number of hydrogen-bond donors (Lipinski definition) is 2. The molecular weight excluding hydrogens is 234 g/mol. The average Bonchev–Trinajstić information content (AvgIpc) is 2.26. The standard InChI is InChI=1S/C17H27NO/c1-13(2)18-12-11-17(3,19)16-10-5-4-9-15(16)14-7-6-8-14/h4-5,9-10,13-14,18-19H,6-8,11-12H2,1-3H3. The van der Waals surface area contributed by atoms with E-state index in [9.17, 15) is 5.11 Å². The molecule has 1 saturated carbocycles. The van der Waals surface area contributed by atoms with Gasteiger partial charge >= 0.3 is 0 Å². The van der Waals surface area contributed by atoms with Crippen molar-refractivity contribution >= 4 is 0 Å². The lowest BCUT2D eigenvalue weighted by molar-refractivity contribution is 0.0458. The van der Waals surface area contributed by atoms with Crippen molar-refractivity contribution in [3.63, 3.8) is 0 Å². The first-order valence-electron chi connectivity index (χ1n) is 7.56. The molecule has 19 heavy (non-hydrogen) atoms. The van der Waals surface area contributed by atoms with Crippen molar-refractivity contribution in [2.45, 2.75) is 64.0 Å². The molecule has 0 aliphatic heterocycles. The van der Waals surface area contributed by atoms with Gasteiger partial charge in [0.05, 0.1) is 5.60 Å². The van der Waals surface area contributed by atoms with E-state index in [0.29, 0.717) is 12.0 Å². The molecule has 0 bridgehead atoms. The van der Waals surface area contributed by atoms with Gasteiger partial charge in [0, 0.05) is 6.04 Å². The van der Waals surface area contributed by atoms with Crippen molar-refractivity contribution in [3.8, 4) is 0 Å². The Bertz CT molecular complexity index is 407. The van der Waals surface area contributed by atoms with Gasteiger partial charge in [-0.15, -0.1) is 0 Å². The van der Waals surface area contributed by atoms with Crippen molar-refractivity contribution in [2.24, 2.45) is 0 Å². The van der Waals surface area contributed by atoms with Crippen LogP contribution in [0.1, 0.15) is 63.5 Å². The summed E-state index contributed by atoms with van der Waals surface area (Å²) in [4.78, 5) is 0. The van der Waals surface area contributed by atoms with Gasteiger partial charge in [-0.25, -0.2) is 0 Å². The van der Waals surface area contributed by atoms with Gasteiger partial charge in [-0.1, -0.05) is 44.5 Å². The van der Waals surface area contributed by atoms with Crippen LogP contribution in [0.15, 0.2) is 24.3 Å². The SMILES string of the molecule is CC(C)NCCC(C)(O)c1ccccc1C1CCC1. The van der Waals surface area contributed by atoms with E-state index in [0.717, 1.165) is 18.5 Å². The van der Waals surface area contributed by atoms with Gasteiger partial charge in [0.25, 0.3) is 0 Å². The molecule has 2 rings (SSSR count). The zero-order valence-corrected chi connectivity index (χ0v) is 12.4. The fourth-order valence-electron chi connectivity index (χ4n) is 2.80. The molecule has 1 aliphatic carbocycles. The quantitative estimate of drug-likeness (QED) is 0.821. The Hall–Kier alpha value is -0.860. The van der Waals surface area contributed by atoms with Crippen molar-refractivity contribution in [1.29, 1.82) is 0 Å². The van der Waals surface area contributed by atoms with Crippen LogP contribution < -0.4 is 5.32 Å². The lowest BCUT2D eigenvalue weighted by Crippen LogP contribution is -2.32. The molecule has 1 fully saturated rings. The topological polar surface area (TPSA) is 32.3 Å². The second-order valence-corrected chi connectivity index (χ2v) is 6.35. The van der Waals surface area contributed by atoms with Gasteiger partial charge < -0.3 is 10.4 Å². The van der Waals surface area contributed by atoms with E-state index < -0.39 is 5.60 Å². The Balaban J connectivity index is 2.10. The van der Waals surface area contributed by atoms with E-state index in [1.54, 1.807) is 0 Å². The molecular formula is C17H27NO. The summed E-state index contributed by atoms with van der Waals surface area (Å²) in [6.07, 6.45) is 4.64. The van der Waals surface area contributed by atoms with Crippen LogP contribution in [0.5, 0.6) is 0 Å². The van der Waals surface area contributed by atoms with Gasteiger partial charge in [-0.05, 0) is 49.8 Å². The van der Waals surface area contributed by atoms with Crippen molar-refractivity contribution in [3.05, 3.63) is 35.4 Å². The first-order valence-corrected chi connectivity index (χ1v) is 7.56. The highest BCUT2D eigenvalue weighted by Crippen LogP contribution is 2.41. The predicted molar refractivity (Wildman–Crippen MR) is 80.4 cm³/mol. The maximum Gasteiger partial charge on any atom is 0.0883 e. The zero-order valence-electron chi connectivity index (χ0n) is 12.4. The summed E-state index contributed by atoms with van der Waals surface area (Å²) in [7, 11) is 0. The van der Waals surface area contributed by atoms with Crippen molar-refractivity contribution < 1.29 is 5.11 Å². The summed E-state index contributed by atoms with van der Waals surface area (Å²) in [5.74, 6) is 0.667. The molecule has 0 saturated heterocycles. The molecule has 1 aromatic rings. The molecule has 2 N–H and O–H groups in total. The zero-order chi connectivity index (χ0) is 13.9. The lowest BCUT2D eigenvalue weighted by atomic mass is 9.75. The molecule has 0 radical (unpaired) electrons. The average molecular weight is 261 g/mol. The predicted octanol–water partition coefficient (Wildman–Crippen LogP) is 3.55. The summed E-state index contributed by atoms with van der Waals surface area (Å²) in [6, 6.07) is 8.91. The Morgan fingerprint density at radius 1 is 1.32 bits per heavy atom. The van der Waals surface area contributed by atoms with E-state index in [1.807, 2.05) is 13.0 Å². The second-order valence-electron chi connectivity index (χ2n) is 6.35. The summed E-state index contributed by atoms with van der Waals surface area (Å²) in [5, 5.41) is 14.2. The lowest BCUT2D eigenvalue weighted by Gasteiger charge is -2.33. The van der Waals surface area contributed by atoms with E-state index in [-0.39, 0.29) is 0 Å². The third-order valence-corrected chi connectivity index (χ3v) is 4.25. The molecule has 0 aromatic heterocycles. The van der Waals surface area contributed by atoms with Crippen LogP contribution in [0.2, 0.25) is 0 Å². The van der Waals surface area contributed by atoms with Crippen LogP contribution in [0.25, 0.3) is 0 Å². The van der Waals surface area contributed by atoms with Gasteiger partial charge in [0.15, 0.2) is 0 Å². The minimum absolute atomic E-state index is 0.470. The molecule has 106 valence electrons. The Kier molecular flexibility index (Phi) is 4.64. The van der Waals surface area contributed by atoms with Crippen LogP contribution in [0.3, 0.4) is 0 Å². The molecule has 2 nitrogen and oxygen atoms in total. The van der Waals surface area contributed by atoms with Gasteiger partial charge in [0.1, 0.15) is 0 Å². The van der Waals surface area contributed by atoms with Crippen LogP contribution in [-0.2, 0) is 5.60 Å². The molecule has 1 unspecified atom stereocenters. The number of rotatable bonds is 6. The third-order valence-electron chi connectivity index (χ3n) is 4.25. The summed E-state index contributed by atoms with van der Waals surface area (Å²) in [6.45, 7) is 7.07. The first kappa shape index (κ1) is 14.5. The van der Waals surface area contributed by atoms with Gasteiger partial charge in [-0.3, -0.25) is 0 Å². The number of aliphatic hydroxyl groups is 1. The number of nitrogens with one attached hydrogen (secondary N) is 1. The number of hydrogen-bond acceptors (Lipinski definition) is 2. The highest BCUT2D eigenvalue weighted by molar-refractivity contribution is 5.35. The molecule has 0 amide bonds. The largest absolute Gasteiger partial charge is 0.385 e. The minimum atomic E-state index is -0.728. The molecule has 1 atom stereocenters. The van der Waals surface area contributed by atoms with Crippen LogP contribution in [-0.4, -0.2) is 17.7 Å². The van der Waals surface area contributed by atoms with E-state index in [1.165, 1.54) is 24.8 Å². The molecule has 0 spiro atoms. The number of benzene rings is 1. The smallest absolute Gasteiger partial charge is 0.0883 e. The molecule has 1 aliphatic rings. The van der Waals surface area contributed by atoms with E-state index in [2.05, 4.69) is 37.4 Å². The molecule has 1 aromatic carbocycles. The third kappa shape index (κ3) is 3.58. The summed E-state index contributed by atoms with van der Waals surface area (Å²) < 4.78 is 0. The normalized spacial score (nSPS) is 19.2. The van der Waals surface area contributed by atoms with E-state index in [4.69, 9.17) is 0 Å². The monoisotopic (exact) mass is 261 g/mol. The maximum absolute atomic E-state index is 10.8. The Morgan fingerprint density at radius 3 is 2.58 bits per heavy atom. The van der Waals surface area contributed by atoms with Crippen molar-refractivity contribution in [1.82, 2.24) is 5.32 Å². The second kappa shape index (κ2) is 6.06. The minimum Gasteiger partial charge on any atom is -0.385 e. The Labute approximate surface area is 117 Å². The molecule has 0 heterocycles. The highest BCUT2D eigenvalue weighted by Gasteiger charge is 2.30. The van der Waals surface area contributed by atoms with E-state index >= 15 is 0 Å². The van der Waals surface area contributed by atoms with Crippen LogP contribution in [0, 0.1) is 0 Å². The van der Waals surface area contributed by atoms with Crippen LogP contribution in [0.4, 0.5) is 0 Å².